The van der Waals surface area contributed by atoms with Crippen molar-refractivity contribution in [1.82, 2.24) is 5.32 Å². The molecular formula is C17H22BrNO. The van der Waals surface area contributed by atoms with Crippen molar-refractivity contribution in [1.29, 1.82) is 0 Å². The number of nitrogens with one attached hydrogen (secondary N) is 1. The molecule has 0 aliphatic carbocycles. The molecule has 0 bridgehead atoms. The molecule has 2 aromatic rings. The van der Waals surface area contributed by atoms with Crippen LogP contribution in [0.1, 0.15) is 41.8 Å². The van der Waals surface area contributed by atoms with Gasteiger partial charge in [0.05, 0.1) is 6.04 Å². The second-order valence-electron chi connectivity index (χ2n) is 5.28. The van der Waals surface area contributed by atoms with Crippen LogP contribution in [0.15, 0.2) is 39.4 Å². The van der Waals surface area contributed by atoms with E-state index in [9.17, 15) is 0 Å². The second kappa shape index (κ2) is 7.09. The number of rotatable bonds is 6. The van der Waals surface area contributed by atoms with Crippen molar-refractivity contribution in [2.75, 3.05) is 6.54 Å². The van der Waals surface area contributed by atoms with Gasteiger partial charge in [0.25, 0.3) is 0 Å². The average Bonchev–Trinajstić information content (AvgIpc) is 2.85. The number of furan rings is 1. The number of hydrogen-bond acceptors (Lipinski definition) is 2. The standard InChI is InChI=1S/C17H22BrNO/c1-4-9-19-15(16-7-8-17(18)20-16)11-14-10-12(2)5-6-13(14)3/h5-8,10,15,19H,4,9,11H2,1-3H3. The molecule has 3 heteroatoms. The van der Waals surface area contributed by atoms with Crippen molar-refractivity contribution in [3.63, 3.8) is 0 Å². The summed E-state index contributed by atoms with van der Waals surface area (Å²) in [6.45, 7) is 7.48. The molecule has 1 aromatic carbocycles. The van der Waals surface area contributed by atoms with Gasteiger partial charge in [-0.2, -0.15) is 0 Å². The molecule has 0 fully saturated rings. The zero-order chi connectivity index (χ0) is 14.5. The third-order valence-electron chi connectivity index (χ3n) is 3.51. The molecule has 1 atom stereocenters. The molecule has 1 unspecified atom stereocenters. The van der Waals surface area contributed by atoms with Crippen molar-refractivity contribution in [3.8, 4) is 0 Å². The van der Waals surface area contributed by atoms with Gasteiger partial charge in [-0.15, -0.1) is 0 Å². The topological polar surface area (TPSA) is 25.2 Å². The van der Waals surface area contributed by atoms with Crippen molar-refractivity contribution in [3.05, 3.63) is 57.5 Å². The van der Waals surface area contributed by atoms with Gasteiger partial charge in [0.15, 0.2) is 4.67 Å². The largest absolute Gasteiger partial charge is 0.453 e. The molecule has 20 heavy (non-hydrogen) atoms. The van der Waals surface area contributed by atoms with E-state index in [4.69, 9.17) is 4.42 Å². The minimum atomic E-state index is 0.224. The number of halogens is 1. The highest BCUT2D eigenvalue weighted by molar-refractivity contribution is 9.10. The second-order valence-corrected chi connectivity index (χ2v) is 6.06. The van der Waals surface area contributed by atoms with E-state index in [0.717, 1.165) is 29.8 Å². The summed E-state index contributed by atoms with van der Waals surface area (Å²) in [5.74, 6) is 0.992. The van der Waals surface area contributed by atoms with Gasteiger partial charge in [-0.25, -0.2) is 0 Å². The molecule has 0 radical (unpaired) electrons. The molecule has 1 heterocycles. The van der Waals surface area contributed by atoms with Gasteiger partial charge in [0.2, 0.25) is 0 Å². The van der Waals surface area contributed by atoms with Crippen LogP contribution in [0.3, 0.4) is 0 Å². The minimum absolute atomic E-state index is 0.224. The zero-order valence-corrected chi connectivity index (χ0v) is 14.0. The zero-order valence-electron chi connectivity index (χ0n) is 12.4. The predicted octanol–water partition coefficient (Wildman–Crippen LogP) is 4.94. The number of benzene rings is 1. The number of hydrogen-bond donors (Lipinski definition) is 1. The van der Waals surface area contributed by atoms with E-state index in [0.29, 0.717) is 0 Å². The molecule has 2 nitrogen and oxygen atoms in total. The Bertz CT molecular complexity index is 562. The highest BCUT2D eigenvalue weighted by Gasteiger charge is 2.16. The number of aryl methyl sites for hydroxylation is 2. The first-order chi connectivity index (χ1) is 9.60. The molecule has 2 rings (SSSR count). The highest BCUT2D eigenvalue weighted by Crippen LogP contribution is 2.25. The quantitative estimate of drug-likeness (QED) is 0.808. The Kier molecular flexibility index (Phi) is 5.44. The van der Waals surface area contributed by atoms with Crippen LogP contribution >= 0.6 is 15.9 Å². The summed E-state index contributed by atoms with van der Waals surface area (Å²) in [6.07, 6.45) is 2.07. The van der Waals surface area contributed by atoms with Gasteiger partial charge in [-0.3, -0.25) is 0 Å². The van der Waals surface area contributed by atoms with E-state index in [1.54, 1.807) is 0 Å². The van der Waals surface area contributed by atoms with Gasteiger partial charge >= 0.3 is 0 Å². The Morgan fingerprint density at radius 3 is 2.65 bits per heavy atom. The van der Waals surface area contributed by atoms with E-state index >= 15 is 0 Å². The Morgan fingerprint density at radius 2 is 2.00 bits per heavy atom. The SMILES string of the molecule is CCCNC(Cc1cc(C)ccc1C)c1ccc(Br)o1. The van der Waals surface area contributed by atoms with E-state index in [1.165, 1.54) is 16.7 Å². The van der Waals surface area contributed by atoms with E-state index in [2.05, 4.69) is 60.2 Å². The fourth-order valence-corrected chi connectivity index (χ4v) is 2.67. The van der Waals surface area contributed by atoms with Crippen LogP contribution in [0.25, 0.3) is 0 Å². The lowest BCUT2D eigenvalue weighted by molar-refractivity contribution is 0.399. The molecule has 1 N–H and O–H groups in total. The Hall–Kier alpha value is -1.06. The molecule has 0 amide bonds. The Balaban J connectivity index is 2.21. The monoisotopic (exact) mass is 335 g/mol. The first-order valence-corrected chi connectivity index (χ1v) is 7.94. The molecule has 108 valence electrons. The summed E-state index contributed by atoms with van der Waals surface area (Å²) in [5, 5.41) is 3.58. The highest BCUT2D eigenvalue weighted by atomic mass is 79.9. The molecular weight excluding hydrogens is 314 g/mol. The Morgan fingerprint density at radius 1 is 1.20 bits per heavy atom. The van der Waals surface area contributed by atoms with Gasteiger partial charge in [0.1, 0.15) is 5.76 Å². The van der Waals surface area contributed by atoms with E-state index in [1.807, 2.05) is 12.1 Å². The summed E-state index contributed by atoms with van der Waals surface area (Å²) in [6, 6.07) is 10.9. The van der Waals surface area contributed by atoms with E-state index in [-0.39, 0.29) is 6.04 Å². The smallest absolute Gasteiger partial charge is 0.169 e. The van der Waals surface area contributed by atoms with E-state index < -0.39 is 0 Å². The normalized spacial score (nSPS) is 12.6. The lowest BCUT2D eigenvalue weighted by atomic mass is 9.97. The van der Waals surface area contributed by atoms with Gasteiger partial charge < -0.3 is 9.73 Å². The van der Waals surface area contributed by atoms with Crippen LogP contribution in [0.2, 0.25) is 0 Å². The lowest BCUT2D eigenvalue weighted by Crippen LogP contribution is -2.24. The van der Waals surface area contributed by atoms with Gasteiger partial charge in [-0.05, 0) is 72.4 Å². The van der Waals surface area contributed by atoms with Crippen LogP contribution in [0.5, 0.6) is 0 Å². The summed E-state index contributed by atoms with van der Waals surface area (Å²) in [4.78, 5) is 0. The third-order valence-corrected chi connectivity index (χ3v) is 3.93. The average molecular weight is 336 g/mol. The molecule has 1 aromatic heterocycles. The van der Waals surface area contributed by atoms with Crippen LogP contribution < -0.4 is 5.32 Å². The molecule has 0 saturated heterocycles. The molecule has 0 saturated carbocycles. The summed E-state index contributed by atoms with van der Waals surface area (Å²) >= 11 is 3.39. The first-order valence-electron chi connectivity index (χ1n) is 7.15. The van der Waals surface area contributed by atoms with Crippen LogP contribution in [-0.2, 0) is 6.42 Å². The fourth-order valence-electron chi connectivity index (χ4n) is 2.35. The predicted molar refractivity (Wildman–Crippen MR) is 87.1 cm³/mol. The van der Waals surface area contributed by atoms with Crippen molar-refractivity contribution in [2.24, 2.45) is 0 Å². The molecule has 0 aliphatic rings. The maximum atomic E-state index is 5.74. The third kappa shape index (κ3) is 3.97. The first kappa shape index (κ1) is 15.3. The van der Waals surface area contributed by atoms with Gasteiger partial charge in [0, 0.05) is 0 Å². The van der Waals surface area contributed by atoms with Crippen LogP contribution in [-0.4, -0.2) is 6.54 Å². The minimum Gasteiger partial charge on any atom is -0.453 e. The molecule has 0 aliphatic heterocycles. The Labute approximate surface area is 129 Å². The molecule has 0 spiro atoms. The van der Waals surface area contributed by atoms with Gasteiger partial charge in [-0.1, -0.05) is 30.7 Å². The maximum Gasteiger partial charge on any atom is 0.169 e. The van der Waals surface area contributed by atoms with Crippen molar-refractivity contribution < 1.29 is 4.42 Å². The van der Waals surface area contributed by atoms with Crippen LogP contribution in [0.4, 0.5) is 0 Å². The van der Waals surface area contributed by atoms with Crippen molar-refractivity contribution in [2.45, 2.75) is 39.7 Å². The lowest BCUT2D eigenvalue weighted by Gasteiger charge is -2.18. The summed E-state index contributed by atoms with van der Waals surface area (Å²) in [7, 11) is 0. The van der Waals surface area contributed by atoms with Crippen LogP contribution in [0, 0.1) is 13.8 Å². The maximum absolute atomic E-state index is 5.74. The van der Waals surface area contributed by atoms with Crippen molar-refractivity contribution >= 4 is 15.9 Å². The summed E-state index contributed by atoms with van der Waals surface area (Å²) in [5.41, 5.74) is 4.02. The summed E-state index contributed by atoms with van der Waals surface area (Å²) < 4.78 is 6.53. The fraction of sp³-hybridized carbons (Fsp3) is 0.412.